The highest BCUT2D eigenvalue weighted by Gasteiger charge is 2.28. The van der Waals surface area contributed by atoms with E-state index in [0.717, 1.165) is 13.0 Å². The van der Waals surface area contributed by atoms with E-state index < -0.39 is 19.4 Å². The molecule has 0 aliphatic carbocycles. The Hall–Kier alpha value is -0.270. The van der Waals surface area contributed by atoms with Gasteiger partial charge in [0, 0.05) is 13.7 Å². The molecule has 0 aliphatic heterocycles. The standard InChI is InChI=1S/C24H48O3.C6H16NO3P/c1-3-4-5-6-7-8-9-10-11-12-13-14-15-16-17-18-19-20-21-27-23-24(25)22-26-2;1-6(11(8,9)10)5-7(2,3)4/h9-10,24-25H,3-8,11-23H2,1-2H3;6H,5H2,1-4H3,(H-,8,9,10)/p+1/b10-9-;/t24-;/m0./s1. The van der Waals surface area contributed by atoms with Gasteiger partial charge in [0.15, 0.2) is 0 Å². The maximum absolute atomic E-state index is 10.7. The van der Waals surface area contributed by atoms with Gasteiger partial charge in [-0.3, -0.25) is 4.57 Å². The van der Waals surface area contributed by atoms with Gasteiger partial charge in [0.2, 0.25) is 0 Å². The molecule has 0 radical (unpaired) electrons. The van der Waals surface area contributed by atoms with Gasteiger partial charge in [-0.1, -0.05) is 89.7 Å². The van der Waals surface area contributed by atoms with E-state index >= 15 is 0 Å². The molecule has 8 heteroatoms. The van der Waals surface area contributed by atoms with Crippen LogP contribution in [-0.4, -0.2) is 85.8 Å². The zero-order valence-corrected chi connectivity index (χ0v) is 26.8. The molecule has 0 fully saturated rings. The van der Waals surface area contributed by atoms with Crippen LogP contribution >= 0.6 is 7.60 Å². The Kier molecular flexibility index (Phi) is 28.3. The van der Waals surface area contributed by atoms with Crippen molar-refractivity contribution in [3.8, 4) is 0 Å². The molecule has 2 atom stereocenters. The summed E-state index contributed by atoms with van der Waals surface area (Å²) in [7, 11) is 3.45. The highest BCUT2D eigenvalue weighted by Crippen LogP contribution is 2.41. The van der Waals surface area contributed by atoms with Crippen molar-refractivity contribution in [2.45, 2.75) is 128 Å². The van der Waals surface area contributed by atoms with Crippen LogP contribution in [0.5, 0.6) is 0 Å². The molecule has 0 amide bonds. The highest BCUT2D eigenvalue weighted by molar-refractivity contribution is 7.52. The third kappa shape index (κ3) is 33.8. The summed E-state index contributed by atoms with van der Waals surface area (Å²) >= 11 is 0. The molecule has 0 aromatic carbocycles. The topological polar surface area (TPSA) is 96.2 Å². The Morgan fingerprint density at radius 2 is 1.21 bits per heavy atom. The first-order valence-corrected chi connectivity index (χ1v) is 16.9. The number of rotatable bonds is 25. The Morgan fingerprint density at radius 3 is 1.61 bits per heavy atom. The number of aliphatic hydroxyl groups excluding tert-OH is 1. The van der Waals surface area contributed by atoms with Crippen LogP contribution in [0.1, 0.15) is 117 Å². The molecule has 230 valence electrons. The Labute approximate surface area is 236 Å². The normalized spacial score (nSPS) is 13.9. The van der Waals surface area contributed by atoms with Crippen LogP contribution in [0.4, 0.5) is 0 Å². The molecular weight excluding hydrogens is 501 g/mol. The van der Waals surface area contributed by atoms with Gasteiger partial charge in [0.05, 0.1) is 40.9 Å². The number of quaternary nitrogens is 1. The minimum atomic E-state index is -3.87. The van der Waals surface area contributed by atoms with E-state index in [4.69, 9.17) is 19.3 Å². The summed E-state index contributed by atoms with van der Waals surface area (Å²) in [6, 6.07) is 0. The van der Waals surface area contributed by atoms with E-state index in [1.54, 1.807) is 14.0 Å². The van der Waals surface area contributed by atoms with Crippen molar-refractivity contribution in [3.05, 3.63) is 12.2 Å². The molecule has 7 nitrogen and oxygen atoms in total. The number of unbranched alkanes of at least 4 members (excludes halogenated alkanes) is 14. The summed E-state index contributed by atoms with van der Waals surface area (Å²) in [5.41, 5.74) is -0.553. The van der Waals surface area contributed by atoms with Gasteiger partial charge in [-0.25, -0.2) is 0 Å². The third-order valence-electron chi connectivity index (χ3n) is 6.36. The van der Waals surface area contributed by atoms with Crippen LogP contribution in [0.3, 0.4) is 0 Å². The van der Waals surface area contributed by atoms with Crippen LogP contribution in [-0.2, 0) is 14.0 Å². The molecule has 0 saturated carbocycles. The summed E-state index contributed by atoms with van der Waals surface area (Å²) < 4.78 is 21.6. The number of hydrogen-bond donors (Lipinski definition) is 3. The fraction of sp³-hybridized carbons (Fsp3) is 0.933. The first-order valence-electron chi connectivity index (χ1n) is 15.2. The molecule has 0 aromatic rings. The van der Waals surface area contributed by atoms with Gasteiger partial charge in [-0.05, 0) is 39.0 Å². The molecule has 0 bridgehead atoms. The highest BCUT2D eigenvalue weighted by atomic mass is 31.2. The minimum Gasteiger partial charge on any atom is -0.388 e. The van der Waals surface area contributed by atoms with Crippen molar-refractivity contribution in [1.29, 1.82) is 0 Å². The summed E-state index contributed by atoms with van der Waals surface area (Å²) in [5.74, 6) is 0. The average molecular weight is 567 g/mol. The van der Waals surface area contributed by atoms with Gasteiger partial charge in [0.1, 0.15) is 11.8 Å². The molecule has 3 N–H and O–H groups in total. The maximum Gasteiger partial charge on any atom is 0.333 e. The van der Waals surface area contributed by atoms with E-state index in [2.05, 4.69) is 19.1 Å². The van der Waals surface area contributed by atoms with Gasteiger partial charge in [-0.2, -0.15) is 0 Å². The van der Waals surface area contributed by atoms with Crippen molar-refractivity contribution in [2.75, 3.05) is 54.6 Å². The first-order chi connectivity index (χ1) is 17.9. The zero-order chi connectivity index (χ0) is 29.1. The van der Waals surface area contributed by atoms with Crippen LogP contribution < -0.4 is 0 Å². The number of aliphatic hydroxyl groups is 1. The molecule has 0 aliphatic rings. The summed E-state index contributed by atoms with van der Waals surface area (Å²) in [5, 5.41) is 9.45. The Morgan fingerprint density at radius 1 is 0.763 bits per heavy atom. The van der Waals surface area contributed by atoms with Gasteiger partial charge in [0.25, 0.3) is 0 Å². The molecule has 38 heavy (non-hydrogen) atoms. The second kappa shape index (κ2) is 26.9. The molecular formula is C30H65NO6P+. The van der Waals surface area contributed by atoms with E-state index in [9.17, 15) is 9.67 Å². The quantitative estimate of drug-likeness (QED) is 0.0473. The van der Waals surface area contributed by atoms with E-state index in [1.165, 1.54) is 96.3 Å². The maximum atomic E-state index is 10.7. The van der Waals surface area contributed by atoms with Crippen molar-refractivity contribution in [2.24, 2.45) is 0 Å². The minimum absolute atomic E-state index is 0.357. The molecule has 0 spiro atoms. The van der Waals surface area contributed by atoms with E-state index in [0.29, 0.717) is 24.2 Å². The number of methoxy groups -OCH3 is 1. The lowest BCUT2D eigenvalue weighted by molar-refractivity contribution is -0.869. The van der Waals surface area contributed by atoms with Gasteiger partial charge >= 0.3 is 7.60 Å². The Bertz CT molecular complexity index is 561. The smallest absolute Gasteiger partial charge is 0.333 e. The van der Waals surface area contributed by atoms with Crippen molar-refractivity contribution in [1.82, 2.24) is 0 Å². The molecule has 1 unspecified atom stereocenters. The van der Waals surface area contributed by atoms with Crippen LogP contribution in [0.25, 0.3) is 0 Å². The van der Waals surface area contributed by atoms with E-state index in [1.807, 2.05) is 21.1 Å². The first kappa shape index (κ1) is 39.9. The van der Waals surface area contributed by atoms with Crippen LogP contribution in [0.15, 0.2) is 12.2 Å². The zero-order valence-electron chi connectivity index (χ0n) is 25.9. The third-order valence-corrected chi connectivity index (χ3v) is 7.67. The monoisotopic (exact) mass is 566 g/mol. The lowest BCUT2D eigenvalue weighted by Gasteiger charge is -2.27. The van der Waals surface area contributed by atoms with E-state index in [-0.39, 0.29) is 0 Å². The molecule has 0 saturated heterocycles. The SMILES string of the molecule is CC(C[N+](C)(C)C)P(=O)(O)O.CCCCCCC/C=C\CCCCCCCCCCCOC[C@@H](O)COC. The van der Waals surface area contributed by atoms with Crippen LogP contribution in [0, 0.1) is 0 Å². The number of hydrogen-bond acceptors (Lipinski definition) is 4. The van der Waals surface area contributed by atoms with Crippen molar-refractivity contribution >= 4 is 7.60 Å². The second-order valence-corrected chi connectivity index (χ2v) is 13.8. The van der Waals surface area contributed by atoms with Crippen molar-refractivity contribution in [3.63, 3.8) is 0 Å². The summed E-state index contributed by atoms with van der Waals surface area (Å²) in [6.07, 6.45) is 25.7. The Balaban J connectivity index is 0. The fourth-order valence-electron chi connectivity index (χ4n) is 4.16. The summed E-state index contributed by atoms with van der Waals surface area (Å²) in [4.78, 5) is 17.5. The average Bonchev–Trinajstić information content (AvgIpc) is 2.82. The molecule has 0 rings (SSSR count). The lowest BCUT2D eigenvalue weighted by Crippen LogP contribution is -2.40. The largest absolute Gasteiger partial charge is 0.388 e. The van der Waals surface area contributed by atoms with Crippen molar-refractivity contribution < 1.29 is 33.4 Å². The fourth-order valence-corrected chi connectivity index (χ4v) is 4.87. The van der Waals surface area contributed by atoms with Gasteiger partial charge < -0.3 is 28.9 Å². The summed E-state index contributed by atoms with van der Waals surface area (Å²) in [6.45, 7) is 5.84. The number of ether oxygens (including phenoxy) is 2. The predicted octanol–water partition coefficient (Wildman–Crippen LogP) is 7.09. The lowest BCUT2D eigenvalue weighted by atomic mass is 10.1. The van der Waals surface area contributed by atoms with Crippen LogP contribution in [0.2, 0.25) is 0 Å². The number of allylic oxidation sites excluding steroid dienone is 2. The second-order valence-electron chi connectivity index (χ2n) is 11.7. The van der Waals surface area contributed by atoms with Gasteiger partial charge in [-0.15, -0.1) is 0 Å². The molecule has 0 heterocycles. The number of nitrogens with zero attached hydrogens (tertiary/aromatic N) is 1. The molecule has 0 aromatic heterocycles. The predicted molar refractivity (Wildman–Crippen MR) is 162 cm³/mol.